The monoisotopic (exact) mass is 855 g/mol. The minimum absolute atomic E-state index is 0.0154. The lowest BCUT2D eigenvalue weighted by Crippen LogP contribution is -2.57. The normalized spacial score (nSPS) is 21.2. The summed E-state index contributed by atoms with van der Waals surface area (Å²) in [6.07, 6.45) is -1.02. The summed E-state index contributed by atoms with van der Waals surface area (Å²) in [5.74, 6) is -4.44. The average molecular weight is 856 g/mol. The maximum atomic E-state index is 13.8. The molecule has 0 aromatic heterocycles. The van der Waals surface area contributed by atoms with Gasteiger partial charge in [-0.05, 0) is 76.8 Å². The lowest BCUT2D eigenvalue weighted by atomic mass is 9.80. The van der Waals surface area contributed by atoms with E-state index in [1.54, 1.807) is 53.7 Å². The van der Waals surface area contributed by atoms with Gasteiger partial charge in [-0.1, -0.05) is 44.5 Å². The summed E-state index contributed by atoms with van der Waals surface area (Å²) >= 11 is 0. The van der Waals surface area contributed by atoms with E-state index in [1.807, 2.05) is 12.1 Å². The topological polar surface area (TPSA) is 261 Å². The van der Waals surface area contributed by atoms with Crippen LogP contribution in [0.25, 0.3) is 0 Å². The molecule has 0 spiro atoms. The van der Waals surface area contributed by atoms with Crippen molar-refractivity contribution in [3.05, 3.63) is 47.5 Å². The number of ketones is 3. The van der Waals surface area contributed by atoms with Crippen LogP contribution >= 0.6 is 0 Å². The Hall–Kier alpha value is -5.00. The SMILES string of the molecule is CC1O[C@H](C(=O)C[C@@H](C(=O)NC(CCCNC(N)=O)C(=O)Cc2ccc(CCNC(=O)OC(C)(C)C)cc2)C(C)C)C(O)[C@H](O)C1CC(=O)CCCCCN1C(=O)C=CC1=O. The first-order valence-corrected chi connectivity index (χ1v) is 21.2. The van der Waals surface area contributed by atoms with Crippen molar-refractivity contribution < 1.29 is 58.0 Å². The molecule has 0 saturated carbocycles. The van der Waals surface area contributed by atoms with E-state index in [1.165, 1.54) is 12.2 Å². The van der Waals surface area contributed by atoms with Gasteiger partial charge in [-0.3, -0.25) is 33.7 Å². The minimum atomic E-state index is -1.65. The van der Waals surface area contributed by atoms with E-state index in [0.29, 0.717) is 44.2 Å². The summed E-state index contributed by atoms with van der Waals surface area (Å²) in [6.45, 7) is 11.2. The van der Waals surface area contributed by atoms with E-state index in [-0.39, 0.29) is 74.5 Å². The molecule has 2 aliphatic rings. The van der Waals surface area contributed by atoms with E-state index < -0.39 is 71.7 Å². The molecule has 1 fully saturated rings. The first-order valence-electron chi connectivity index (χ1n) is 21.2. The van der Waals surface area contributed by atoms with Crippen molar-refractivity contribution in [3.8, 4) is 0 Å². The Bertz CT molecular complexity index is 1720. The van der Waals surface area contributed by atoms with Gasteiger partial charge in [0, 0.05) is 69.3 Å². The van der Waals surface area contributed by atoms with Gasteiger partial charge in [0.05, 0.1) is 18.2 Å². The molecule has 3 rings (SSSR count). The van der Waals surface area contributed by atoms with E-state index in [9.17, 15) is 48.6 Å². The molecule has 0 radical (unpaired) electrons. The highest BCUT2D eigenvalue weighted by Gasteiger charge is 2.46. The molecule has 2 aliphatic heterocycles. The van der Waals surface area contributed by atoms with Gasteiger partial charge in [-0.15, -0.1) is 0 Å². The van der Waals surface area contributed by atoms with Gasteiger partial charge in [0.2, 0.25) is 5.91 Å². The Morgan fingerprint density at radius 3 is 2.13 bits per heavy atom. The van der Waals surface area contributed by atoms with E-state index >= 15 is 0 Å². The van der Waals surface area contributed by atoms with Crippen LogP contribution < -0.4 is 21.7 Å². The third kappa shape index (κ3) is 16.8. The number of hydrogen-bond donors (Lipinski definition) is 6. The van der Waals surface area contributed by atoms with Crippen LogP contribution in [0.5, 0.6) is 0 Å². The third-order valence-corrected chi connectivity index (χ3v) is 10.8. The number of nitrogens with one attached hydrogen (secondary N) is 3. The van der Waals surface area contributed by atoms with Crippen LogP contribution in [0.2, 0.25) is 0 Å². The summed E-state index contributed by atoms with van der Waals surface area (Å²) in [6, 6.07) is 5.58. The Kier molecular flexibility index (Phi) is 19.7. The highest BCUT2D eigenvalue weighted by Crippen LogP contribution is 2.31. The molecular weight excluding hydrogens is 791 g/mol. The van der Waals surface area contributed by atoms with Gasteiger partial charge in [0.25, 0.3) is 11.8 Å². The number of benzene rings is 1. The zero-order valence-corrected chi connectivity index (χ0v) is 36.3. The molecule has 1 saturated heterocycles. The maximum Gasteiger partial charge on any atom is 0.407 e. The van der Waals surface area contributed by atoms with Gasteiger partial charge in [-0.25, -0.2) is 9.59 Å². The lowest BCUT2D eigenvalue weighted by Gasteiger charge is -2.41. The van der Waals surface area contributed by atoms with Crippen molar-refractivity contribution >= 4 is 47.2 Å². The van der Waals surface area contributed by atoms with Crippen molar-refractivity contribution in [1.29, 1.82) is 0 Å². The summed E-state index contributed by atoms with van der Waals surface area (Å²) in [5, 5.41) is 30.1. The number of aliphatic hydroxyl groups excluding tert-OH is 2. The van der Waals surface area contributed by atoms with E-state index in [4.69, 9.17) is 15.2 Å². The standard InChI is InChI=1S/C44H65N5O12/c1-26(2)31(25-35(52)40-39(56)38(55)32(27(3)60-40)24-30(50)11-8-7-9-22-49-36(53)17-18-37(49)54)41(57)48-33(12-10-20-46-42(45)58)34(51)23-29-15-13-28(14-16-29)19-21-47-43(59)61-44(4,5)6/h13-18,26-27,31-33,38-40,55-56H,7-12,19-25H2,1-6H3,(H,47,59)(H,48,57)(H3,45,46,58)/t27?,31-,32?,33?,38-,39?,40-/m1/s1. The Morgan fingerprint density at radius 2 is 1.52 bits per heavy atom. The fourth-order valence-electron chi connectivity index (χ4n) is 7.31. The Morgan fingerprint density at radius 1 is 0.885 bits per heavy atom. The second-order valence-electron chi connectivity index (χ2n) is 17.3. The van der Waals surface area contributed by atoms with Gasteiger partial charge < -0.3 is 41.4 Å². The number of carbonyl (C=O) groups excluding carboxylic acids is 8. The van der Waals surface area contributed by atoms with Gasteiger partial charge in [0.15, 0.2) is 11.6 Å². The van der Waals surface area contributed by atoms with Crippen LogP contribution in [0.1, 0.15) is 104 Å². The molecule has 7 N–H and O–H groups in total. The molecule has 1 aromatic carbocycles. The van der Waals surface area contributed by atoms with Gasteiger partial charge >= 0.3 is 12.1 Å². The zero-order chi connectivity index (χ0) is 45.4. The molecule has 6 amide bonds. The van der Waals surface area contributed by atoms with Crippen molar-refractivity contribution in [2.75, 3.05) is 19.6 Å². The van der Waals surface area contributed by atoms with Crippen LogP contribution in [-0.2, 0) is 51.1 Å². The second kappa shape index (κ2) is 23.9. The smallest absolute Gasteiger partial charge is 0.407 e. The first-order chi connectivity index (χ1) is 28.7. The van der Waals surface area contributed by atoms with Gasteiger partial charge in [-0.2, -0.15) is 0 Å². The van der Waals surface area contributed by atoms with Crippen LogP contribution in [0, 0.1) is 17.8 Å². The zero-order valence-electron chi connectivity index (χ0n) is 36.3. The number of nitrogens with two attached hydrogens (primary N) is 1. The molecule has 2 heterocycles. The number of ether oxygens (including phenoxy) is 2. The van der Waals surface area contributed by atoms with Gasteiger partial charge in [0.1, 0.15) is 23.6 Å². The number of Topliss-reactive ketones (excluding diaryl/α,β-unsaturated/α-hetero) is 3. The number of amides is 6. The molecule has 0 bridgehead atoms. The second-order valence-corrected chi connectivity index (χ2v) is 17.3. The largest absolute Gasteiger partial charge is 0.444 e. The van der Waals surface area contributed by atoms with Crippen LogP contribution in [0.15, 0.2) is 36.4 Å². The van der Waals surface area contributed by atoms with Crippen molar-refractivity contribution in [1.82, 2.24) is 20.9 Å². The average Bonchev–Trinajstić information content (AvgIpc) is 3.49. The third-order valence-electron chi connectivity index (χ3n) is 10.8. The molecule has 7 atom stereocenters. The fourth-order valence-corrected chi connectivity index (χ4v) is 7.31. The Labute approximate surface area is 357 Å². The molecule has 17 heteroatoms. The number of primary amides is 1. The van der Waals surface area contributed by atoms with E-state index in [0.717, 1.165) is 10.5 Å². The number of urea groups is 1. The number of carbonyl (C=O) groups is 8. The van der Waals surface area contributed by atoms with Crippen molar-refractivity contribution in [2.45, 2.75) is 142 Å². The maximum absolute atomic E-state index is 13.8. The van der Waals surface area contributed by atoms with Crippen LogP contribution in [0.4, 0.5) is 9.59 Å². The lowest BCUT2D eigenvalue weighted by molar-refractivity contribution is -0.199. The molecule has 4 unspecified atom stereocenters. The van der Waals surface area contributed by atoms with Crippen LogP contribution in [-0.4, -0.2) is 118 Å². The first kappa shape index (κ1) is 50.4. The summed E-state index contributed by atoms with van der Waals surface area (Å²) in [4.78, 5) is 102. The summed E-state index contributed by atoms with van der Waals surface area (Å²) in [5.41, 5.74) is 6.20. The Balaban J connectivity index is 1.56. The fraction of sp³-hybridized carbons (Fsp3) is 0.636. The summed E-state index contributed by atoms with van der Waals surface area (Å²) < 4.78 is 11.2. The van der Waals surface area contributed by atoms with Crippen molar-refractivity contribution in [2.24, 2.45) is 23.5 Å². The highest BCUT2D eigenvalue weighted by atomic mass is 16.6. The molecule has 0 aliphatic carbocycles. The number of unbranched alkanes of at least 4 members (excludes halogenated alkanes) is 2. The number of hydrogen-bond acceptors (Lipinski definition) is 12. The quantitative estimate of drug-likeness (QED) is 0.0648. The van der Waals surface area contributed by atoms with Crippen LogP contribution in [0.3, 0.4) is 0 Å². The molecule has 17 nitrogen and oxygen atoms in total. The predicted molar refractivity (Wildman–Crippen MR) is 224 cm³/mol. The minimum Gasteiger partial charge on any atom is -0.444 e. The van der Waals surface area contributed by atoms with E-state index in [2.05, 4.69) is 16.0 Å². The number of aliphatic hydroxyl groups is 2. The predicted octanol–water partition coefficient (Wildman–Crippen LogP) is 2.60. The number of alkyl carbamates (subject to hydrolysis) is 1. The number of nitrogens with zero attached hydrogens (tertiary/aromatic N) is 1. The molecule has 338 valence electrons. The summed E-state index contributed by atoms with van der Waals surface area (Å²) in [7, 11) is 0. The molecule has 61 heavy (non-hydrogen) atoms. The number of rotatable bonds is 24. The number of imide groups is 1. The highest BCUT2D eigenvalue weighted by molar-refractivity contribution is 6.12. The molecule has 1 aromatic rings. The van der Waals surface area contributed by atoms with Crippen molar-refractivity contribution in [3.63, 3.8) is 0 Å². The molecular formula is C44H65N5O12.